The zero-order valence-electron chi connectivity index (χ0n) is 12.4. The van der Waals surface area contributed by atoms with Crippen molar-refractivity contribution in [2.75, 3.05) is 0 Å². The van der Waals surface area contributed by atoms with Gasteiger partial charge in [-0.05, 0) is 34.1 Å². The van der Waals surface area contributed by atoms with E-state index in [1.165, 1.54) is 27.7 Å². The lowest BCUT2D eigenvalue weighted by molar-refractivity contribution is 0.561. The molecule has 0 bridgehead atoms. The zero-order valence-corrected chi connectivity index (χ0v) is 14.8. The Morgan fingerprint density at radius 1 is 1.22 bits per heavy atom. The lowest BCUT2D eigenvalue weighted by atomic mass is 10.3. The van der Waals surface area contributed by atoms with Gasteiger partial charge in [0.05, 0.1) is 28.5 Å². The molecule has 0 aliphatic rings. The molecule has 7 nitrogen and oxygen atoms in total. The summed E-state index contributed by atoms with van der Waals surface area (Å²) in [6.07, 6.45) is 2.95. The summed E-state index contributed by atoms with van der Waals surface area (Å²) >= 11 is 3.28. The Morgan fingerprint density at radius 2 is 1.87 bits per heavy atom. The van der Waals surface area contributed by atoms with E-state index in [0.717, 1.165) is 5.56 Å². The van der Waals surface area contributed by atoms with Crippen molar-refractivity contribution in [3.8, 4) is 0 Å². The first kappa shape index (κ1) is 16.0. The third-order valence-electron chi connectivity index (χ3n) is 3.66. The van der Waals surface area contributed by atoms with Crippen molar-refractivity contribution in [1.82, 2.24) is 13.9 Å². The molecule has 0 unspecified atom stereocenters. The molecule has 0 saturated heterocycles. The standard InChI is InChI=1S/C14H14BrN3O4S/c1-17-11-5-10(15)13(6-12(11)18(2)14(17)19)23(20,21)16-7-9-3-4-22-8-9/h3-6,8,16H,7H2,1-2H3. The largest absolute Gasteiger partial charge is 0.472 e. The summed E-state index contributed by atoms with van der Waals surface area (Å²) in [6, 6.07) is 4.79. The summed E-state index contributed by atoms with van der Waals surface area (Å²) in [5.74, 6) is 0. The van der Waals surface area contributed by atoms with Gasteiger partial charge in [0, 0.05) is 30.7 Å². The van der Waals surface area contributed by atoms with Crippen LogP contribution < -0.4 is 10.4 Å². The zero-order chi connectivity index (χ0) is 16.8. The van der Waals surface area contributed by atoms with Crippen LogP contribution in [0.1, 0.15) is 5.56 Å². The molecule has 0 spiro atoms. The van der Waals surface area contributed by atoms with Crippen molar-refractivity contribution in [3.05, 3.63) is 51.2 Å². The molecule has 3 rings (SSSR count). The Balaban J connectivity index is 2.06. The van der Waals surface area contributed by atoms with Gasteiger partial charge >= 0.3 is 5.69 Å². The van der Waals surface area contributed by atoms with Gasteiger partial charge in [0.25, 0.3) is 0 Å². The molecule has 1 N–H and O–H groups in total. The van der Waals surface area contributed by atoms with Gasteiger partial charge in [-0.25, -0.2) is 17.9 Å². The van der Waals surface area contributed by atoms with Crippen LogP contribution in [-0.2, 0) is 30.7 Å². The predicted molar refractivity (Wildman–Crippen MR) is 88.6 cm³/mol. The quantitative estimate of drug-likeness (QED) is 0.723. The topological polar surface area (TPSA) is 86.2 Å². The molecule has 0 fully saturated rings. The summed E-state index contributed by atoms with van der Waals surface area (Å²) < 4.78 is 35.8. The number of rotatable bonds is 4. The molecule has 0 amide bonds. The van der Waals surface area contributed by atoms with Crippen molar-refractivity contribution >= 4 is 37.0 Å². The van der Waals surface area contributed by atoms with Gasteiger partial charge in [-0.2, -0.15) is 0 Å². The number of nitrogens with one attached hydrogen (secondary N) is 1. The lowest BCUT2D eigenvalue weighted by Gasteiger charge is -2.09. The highest BCUT2D eigenvalue weighted by Crippen LogP contribution is 2.27. The van der Waals surface area contributed by atoms with Crippen LogP contribution in [0.25, 0.3) is 11.0 Å². The predicted octanol–water partition coefficient (Wildman–Crippen LogP) is 1.71. The number of benzene rings is 1. The molecule has 0 aliphatic heterocycles. The van der Waals surface area contributed by atoms with Gasteiger partial charge in [-0.1, -0.05) is 0 Å². The highest BCUT2D eigenvalue weighted by atomic mass is 79.9. The highest BCUT2D eigenvalue weighted by molar-refractivity contribution is 9.10. The van der Waals surface area contributed by atoms with Crippen LogP contribution in [0.2, 0.25) is 0 Å². The maximum absolute atomic E-state index is 12.5. The van der Waals surface area contributed by atoms with E-state index in [1.54, 1.807) is 26.2 Å². The van der Waals surface area contributed by atoms with Crippen LogP contribution in [0.4, 0.5) is 0 Å². The lowest BCUT2D eigenvalue weighted by Crippen LogP contribution is -2.23. The Kier molecular flexibility index (Phi) is 3.95. The molecule has 3 aromatic rings. The second-order valence-electron chi connectivity index (χ2n) is 5.13. The number of aryl methyl sites for hydroxylation is 2. The highest BCUT2D eigenvalue weighted by Gasteiger charge is 2.21. The smallest absolute Gasteiger partial charge is 0.328 e. The molecule has 0 aliphatic carbocycles. The molecule has 2 heterocycles. The summed E-state index contributed by atoms with van der Waals surface area (Å²) in [6.45, 7) is 0.122. The number of halogens is 1. The van der Waals surface area contributed by atoms with Crippen molar-refractivity contribution < 1.29 is 12.8 Å². The minimum atomic E-state index is -3.74. The van der Waals surface area contributed by atoms with E-state index in [-0.39, 0.29) is 17.1 Å². The van der Waals surface area contributed by atoms with Crippen LogP contribution >= 0.6 is 15.9 Å². The maximum atomic E-state index is 12.5. The average Bonchev–Trinajstić information content (AvgIpc) is 3.09. The van der Waals surface area contributed by atoms with Crippen LogP contribution in [0.5, 0.6) is 0 Å². The fourth-order valence-corrected chi connectivity index (χ4v) is 4.42. The number of hydrogen-bond acceptors (Lipinski definition) is 4. The number of hydrogen-bond donors (Lipinski definition) is 1. The second-order valence-corrected chi connectivity index (χ2v) is 7.72. The average molecular weight is 400 g/mol. The Bertz CT molecular complexity index is 1030. The van der Waals surface area contributed by atoms with Crippen LogP contribution in [0.15, 0.2) is 49.3 Å². The van der Waals surface area contributed by atoms with Crippen molar-refractivity contribution in [2.45, 2.75) is 11.4 Å². The molecule has 122 valence electrons. The fraction of sp³-hybridized carbons (Fsp3) is 0.214. The summed E-state index contributed by atoms with van der Waals surface area (Å²) in [5.41, 5.74) is 1.70. The molecule has 2 aromatic heterocycles. The van der Waals surface area contributed by atoms with Crippen molar-refractivity contribution in [1.29, 1.82) is 0 Å². The van der Waals surface area contributed by atoms with E-state index < -0.39 is 10.0 Å². The van der Waals surface area contributed by atoms with E-state index in [2.05, 4.69) is 20.7 Å². The van der Waals surface area contributed by atoms with E-state index in [0.29, 0.717) is 15.5 Å². The van der Waals surface area contributed by atoms with E-state index in [4.69, 9.17) is 4.42 Å². The number of furan rings is 1. The molecule has 0 atom stereocenters. The van der Waals surface area contributed by atoms with Crippen LogP contribution in [0, 0.1) is 0 Å². The summed E-state index contributed by atoms with van der Waals surface area (Å²) in [7, 11) is -0.496. The van der Waals surface area contributed by atoms with Crippen molar-refractivity contribution in [2.24, 2.45) is 14.1 Å². The molecular formula is C14H14BrN3O4S. The number of aromatic nitrogens is 2. The molecule has 1 aromatic carbocycles. The maximum Gasteiger partial charge on any atom is 0.328 e. The SMILES string of the molecule is Cn1c(=O)n(C)c2cc(S(=O)(=O)NCc3ccoc3)c(Br)cc21. The molecular weight excluding hydrogens is 386 g/mol. The molecule has 9 heteroatoms. The Hall–Kier alpha value is -1.84. The normalized spacial score (nSPS) is 12.1. The van der Waals surface area contributed by atoms with E-state index >= 15 is 0 Å². The third-order valence-corrected chi connectivity index (χ3v) is 6.02. The number of fused-ring (bicyclic) bond motifs is 1. The van der Waals surface area contributed by atoms with E-state index in [9.17, 15) is 13.2 Å². The van der Waals surface area contributed by atoms with Gasteiger partial charge in [0.1, 0.15) is 0 Å². The molecule has 0 radical (unpaired) electrons. The molecule has 0 saturated carbocycles. The monoisotopic (exact) mass is 399 g/mol. The summed E-state index contributed by atoms with van der Waals surface area (Å²) in [4.78, 5) is 12.1. The number of imidazole rings is 1. The van der Waals surface area contributed by atoms with Gasteiger partial charge in [0.2, 0.25) is 10.0 Å². The first-order valence-corrected chi connectivity index (χ1v) is 8.94. The van der Waals surface area contributed by atoms with Crippen LogP contribution in [-0.4, -0.2) is 17.6 Å². The minimum absolute atomic E-state index is 0.0784. The van der Waals surface area contributed by atoms with Gasteiger partial charge in [-0.3, -0.25) is 9.13 Å². The first-order chi connectivity index (χ1) is 10.8. The Morgan fingerprint density at radius 3 is 2.48 bits per heavy atom. The number of sulfonamides is 1. The van der Waals surface area contributed by atoms with Gasteiger partial charge < -0.3 is 4.42 Å². The van der Waals surface area contributed by atoms with Crippen LogP contribution in [0.3, 0.4) is 0 Å². The summed E-state index contributed by atoms with van der Waals surface area (Å²) in [5, 5.41) is 0. The van der Waals surface area contributed by atoms with Gasteiger partial charge in [0.15, 0.2) is 0 Å². The van der Waals surface area contributed by atoms with Crippen molar-refractivity contribution in [3.63, 3.8) is 0 Å². The third kappa shape index (κ3) is 2.75. The van der Waals surface area contributed by atoms with E-state index in [1.807, 2.05) is 0 Å². The second kappa shape index (κ2) is 5.66. The van der Waals surface area contributed by atoms with Gasteiger partial charge in [-0.15, -0.1) is 0 Å². The first-order valence-electron chi connectivity index (χ1n) is 6.67. The Labute approximate surface area is 140 Å². The minimum Gasteiger partial charge on any atom is -0.472 e. The fourth-order valence-electron chi connectivity index (χ4n) is 2.36. The number of nitrogens with zero attached hydrogens (tertiary/aromatic N) is 2. The molecule has 23 heavy (non-hydrogen) atoms.